The summed E-state index contributed by atoms with van der Waals surface area (Å²) in [6.07, 6.45) is 4.86. The van der Waals surface area contributed by atoms with E-state index in [0.717, 1.165) is 17.3 Å². The molecule has 0 amide bonds. The van der Waals surface area contributed by atoms with Crippen LogP contribution in [-0.4, -0.2) is 27.8 Å². The third-order valence-corrected chi connectivity index (χ3v) is 4.73. The summed E-state index contributed by atoms with van der Waals surface area (Å²) in [4.78, 5) is 3.49. The maximum Gasteiger partial charge on any atom is 0.0931 e. The largest absolute Gasteiger partial charge is 0.326 e. The molecular formula is C14H21ClN4S. The number of hydrogen-bond donors (Lipinski definition) is 1. The normalized spacial score (nSPS) is 14.7. The van der Waals surface area contributed by atoms with E-state index < -0.39 is 0 Å². The number of halogens is 1. The van der Waals surface area contributed by atoms with Crippen LogP contribution in [0.3, 0.4) is 0 Å². The molecule has 0 aliphatic rings. The fourth-order valence-corrected chi connectivity index (χ4v) is 3.71. The van der Waals surface area contributed by atoms with Crippen molar-refractivity contribution in [1.29, 1.82) is 0 Å². The monoisotopic (exact) mass is 312 g/mol. The number of rotatable bonds is 6. The summed E-state index contributed by atoms with van der Waals surface area (Å²) in [5, 5.41) is 4.21. The van der Waals surface area contributed by atoms with Crippen LogP contribution in [0, 0.1) is 0 Å². The highest BCUT2D eigenvalue weighted by atomic mass is 35.5. The van der Waals surface area contributed by atoms with Crippen LogP contribution in [0.5, 0.6) is 0 Å². The van der Waals surface area contributed by atoms with Gasteiger partial charge in [-0.25, -0.2) is 0 Å². The topological polar surface area (TPSA) is 47.1 Å². The Labute approximate surface area is 129 Å². The van der Waals surface area contributed by atoms with E-state index in [9.17, 15) is 0 Å². The van der Waals surface area contributed by atoms with E-state index in [-0.39, 0.29) is 12.1 Å². The molecule has 2 aromatic heterocycles. The Morgan fingerprint density at radius 3 is 2.75 bits per heavy atom. The summed E-state index contributed by atoms with van der Waals surface area (Å²) in [5.74, 6) is 0. The van der Waals surface area contributed by atoms with Crippen LogP contribution < -0.4 is 5.73 Å². The Morgan fingerprint density at radius 2 is 2.25 bits per heavy atom. The number of likely N-dealkylation sites (N-methyl/N-ethyl adjacent to an activating group) is 1. The fraction of sp³-hybridized carbons (Fsp3) is 0.500. The molecule has 0 aromatic carbocycles. The molecule has 0 aliphatic heterocycles. The minimum absolute atomic E-state index is 0.0892. The fourth-order valence-electron chi connectivity index (χ4n) is 2.41. The van der Waals surface area contributed by atoms with Crippen LogP contribution >= 0.6 is 22.9 Å². The SMILES string of the molecule is CCC(N)C(c1ccc(Cl)s1)N(C)Cc1cnn(C)c1. The molecule has 0 saturated heterocycles. The molecule has 2 heterocycles. The van der Waals surface area contributed by atoms with E-state index in [4.69, 9.17) is 17.3 Å². The summed E-state index contributed by atoms with van der Waals surface area (Å²) in [6, 6.07) is 4.28. The van der Waals surface area contributed by atoms with Crippen molar-refractivity contribution >= 4 is 22.9 Å². The van der Waals surface area contributed by atoms with Gasteiger partial charge < -0.3 is 5.73 Å². The van der Waals surface area contributed by atoms with Gasteiger partial charge in [0.05, 0.1) is 16.6 Å². The first-order chi connectivity index (χ1) is 9.51. The van der Waals surface area contributed by atoms with Gasteiger partial charge in [-0.15, -0.1) is 11.3 Å². The molecule has 2 rings (SSSR count). The average Bonchev–Trinajstić information content (AvgIpc) is 2.99. The van der Waals surface area contributed by atoms with Crippen molar-refractivity contribution in [2.24, 2.45) is 12.8 Å². The molecule has 2 unspecified atom stereocenters. The van der Waals surface area contributed by atoms with Gasteiger partial charge in [-0.3, -0.25) is 9.58 Å². The minimum atomic E-state index is 0.0892. The lowest BCUT2D eigenvalue weighted by Gasteiger charge is -2.31. The van der Waals surface area contributed by atoms with E-state index >= 15 is 0 Å². The number of thiophene rings is 1. The zero-order valence-electron chi connectivity index (χ0n) is 12.1. The van der Waals surface area contributed by atoms with Crippen molar-refractivity contribution in [3.05, 3.63) is 39.3 Å². The highest BCUT2D eigenvalue weighted by molar-refractivity contribution is 7.16. The molecule has 2 N–H and O–H groups in total. The Morgan fingerprint density at radius 1 is 1.50 bits per heavy atom. The van der Waals surface area contributed by atoms with Crippen molar-refractivity contribution in [2.75, 3.05) is 7.05 Å². The van der Waals surface area contributed by atoms with Crippen molar-refractivity contribution in [3.8, 4) is 0 Å². The van der Waals surface area contributed by atoms with Gasteiger partial charge in [-0.05, 0) is 25.6 Å². The summed E-state index contributed by atoms with van der Waals surface area (Å²) in [7, 11) is 4.03. The van der Waals surface area contributed by atoms with Crippen LogP contribution in [0.2, 0.25) is 4.34 Å². The quantitative estimate of drug-likeness (QED) is 0.892. The van der Waals surface area contributed by atoms with Gasteiger partial charge in [0.1, 0.15) is 0 Å². The first kappa shape index (κ1) is 15.5. The molecular weight excluding hydrogens is 292 g/mol. The number of hydrogen-bond acceptors (Lipinski definition) is 4. The van der Waals surface area contributed by atoms with Gasteiger partial charge in [0.15, 0.2) is 0 Å². The van der Waals surface area contributed by atoms with E-state index in [1.807, 2.05) is 30.2 Å². The van der Waals surface area contributed by atoms with Gasteiger partial charge in [0.2, 0.25) is 0 Å². The number of aromatic nitrogens is 2. The third kappa shape index (κ3) is 3.61. The molecule has 0 aliphatic carbocycles. The second-order valence-electron chi connectivity index (χ2n) is 5.10. The Hall–Kier alpha value is -0.880. The predicted molar refractivity (Wildman–Crippen MR) is 85.0 cm³/mol. The van der Waals surface area contributed by atoms with Gasteiger partial charge in [0.25, 0.3) is 0 Å². The van der Waals surface area contributed by atoms with Gasteiger partial charge in [-0.1, -0.05) is 18.5 Å². The Bertz CT molecular complexity index is 551. The molecule has 4 nitrogen and oxygen atoms in total. The predicted octanol–water partition coefficient (Wildman–Crippen LogP) is 3.05. The van der Waals surface area contributed by atoms with Gasteiger partial charge >= 0.3 is 0 Å². The highest BCUT2D eigenvalue weighted by Crippen LogP contribution is 2.33. The average molecular weight is 313 g/mol. The molecule has 110 valence electrons. The second kappa shape index (κ2) is 6.72. The molecule has 0 saturated carbocycles. The summed E-state index contributed by atoms with van der Waals surface area (Å²) in [5.41, 5.74) is 7.51. The van der Waals surface area contributed by atoms with E-state index in [1.54, 1.807) is 11.3 Å². The molecule has 20 heavy (non-hydrogen) atoms. The molecule has 0 fully saturated rings. The molecule has 0 bridgehead atoms. The Kier molecular flexibility index (Phi) is 5.21. The van der Waals surface area contributed by atoms with E-state index in [2.05, 4.69) is 30.0 Å². The van der Waals surface area contributed by atoms with Crippen molar-refractivity contribution in [2.45, 2.75) is 32.0 Å². The molecule has 0 radical (unpaired) electrons. The lowest BCUT2D eigenvalue weighted by molar-refractivity contribution is 0.205. The van der Waals surface area contributed by atoms with Crippen LogP contribution in [0.1, 0.15) is 29.8 Å². The minimum Gasteiger partial charge on any atom is -0.326 e. The number of nitrogens with zero attached hydrogens (tertiary/aromatic N) is 3. The highest BCUT2D eigenvalue weighted by Gasteiger charge is 2.25. The zero-order chi connectivity index (χ0) is 14.7. The summed E-state index contributed by atoms with van der Waals surface area (Å²) in [6.45, 7) is 2.94. The van der Waals surface area contributed by atoms with Crippen molar-refractivity contribution in [3.63, 3.8) is 0 Å². The first-order valence-corrected chi connectivity index (χ1v) is 7.89. The molecule has 2 atom stereocenters. The summed E-state index contributed by atoms with van der Waals surface area (Å²) >= 11 is 7.67. The van der Waals surface area contributed by atoms with Crippen LogP contribution in [0.25, 0.3) is 0 Å². The maximum absolute atomic E-state index is 6.32. The van der Waals surface area contributed by atoms with E-state index in [1.165, 1.54) is 10.4 Å². The molecule has 0 spiro atoms. The summed E-state index contributed by atoms with van der Waals surface area (Å²) < 4.78 is 2.63. The van der Waals surface area contributed by atoms with Crippen LogP contribution in [-0.2, 0) is 13.6 Å². The van der Waals surface area contributed by atoms with Crippen molar-refractivity contribution < 1.29 is 0 Å². The van der Waals surface area contributed by atoms with Gasteiger partial charge in [0, 0.05) is 36.3 Å². The van der Waals surface area contributed by atoms with E-state index in [0.29, 0.717) is 0 Å². The number of aryl methyl sites for hydroxylation is 1. The van der Waals surface area contributed by atoms with Gasteiger partial charge in [-0.2, -0.15) is 5.10 Å². The number of nitrogens with two attached hydrogens (primary N) is 1. The first-order valence-electron chi connectivity index (χ1n) is 6.69. The maximum atomic E-state index is 6.32. The van der Waals surface area contributed by atoms with Crippen LogP contribution in [0.15, 0.2) is 24.5 Å². The zero-order valence-corrected chi connectivity index (χ0v) is 13.7. The lowest BCUT2D eigenvalue weighted by atomic mass is 10.0. The Balaban J connectivity index is 2.17. The molecule has 6 heteroatoms. The smallest absolute Gasteiger partial charge is 0.0931 e. The lowest BCUT2D eigenvalue weighted by Crippen LogP contribution is -2.38. The van der Waals surface area contributed by atoms with Crippen LogP contribution in [0.4, 0.5) is 0 Å². The molecule has 2 aromatic rings. The van der Waals surface area contributed by atoms with Crippen molar-refractivity contribution in [1.82, 2.24) is 14.7 Å². The standard InChI is InChI=1S/C14H21ClN4S/c1-4-11(16)14(12-5-6-13(15)20-12)18(2)8-10-7-17-19(3)9-10/h5-7,9,11,14H,4,8,16H2,1-3H3. The third-order valence-electron chi connectivity index (χ3n) is 3.43. The second-order valence-corrected chi connectivity index (χ2v) is 6.84.